The summed E-state index contributed by atoms with van der Waals surface area (Å²) in [5, 5.41) is 0.299. The van der Waals surface area contributed by atoms with Crippen molar-refractivity contribution in [2.24, 2.45) is 5.92 Å². The fourth-order valence-electron chi connectivity index (χ4n) is 9.19. The molecular formula is C37H45N3O6S. The quantitative estimate of drug-likeness (QED) is 0.432. The van der Waals surface area contributed by atoms with Gasteiger partial charge < -0.3 is 18.9 Å². The summed E-state index contributed by atoms with van der Waals surface area (Å²) in [7, 11) is -2.11. The second-order valence-corrected chi connectivity index (χ2v) is 16.8. The third kappa shape index (κ3) is 5.00. The number of amides is 2. The Labute approximate surface area is 277 Å². The normalized spacial score (nSPS) is 27.4. The van der Waals surface area contributed by atoms with Gasteiger partial charge in [0.1, 0.15) is 5.75 Å². The van der Waals surface area contributed by atoms with E-state index in [1.165, 1.54) is 24.8 Å². The molecule has 250 valence electrons. The molecule has 9 nitrogen and oxygen atoms in total. The maximum Gasteiger partial charge on any atom is 0.265 e. The molecule has 0 spiro atoms. The third-order valence-electron chi connectivity index (χ3n) is 11.6. The molecule has 0 radical (unpaired) electrons. The van der Waals surface area contributed by atoms with Crippen molar-refractivity contribution in [3.05, 3.63) is 63.9 Å². The molecule has 1 aromatic carbocycles. The Morgan fingerprint density at radius 3 is 2.47 bits per heavy atom. The van der Waals surface area contributed by atoms with Crippen molar-refractivity contribution in [2.45, 2.75) is 107 Å². The molecule has 1 aromatic heterocycles. The van der Waals surface area contributed by atoms with Crippen molar-refractivity contribution >= 4 is 32.7 Å². The number of ether oxygens (including phenoxy) is 2. The summed E-state index contributed by atoms with van der Waals surface area (Å²) in [4.78, 5) is 30.6. The summed E-state index contributed by atoms with van der Waals surface area (Å²) >= 11 is 0. The first-order valence-corrected chi connectivity index (χ1v) is 19.0. The smallest absolute Gasteiger partial charge is 0.265 e. The summed E-state index contributed by atoms with van der Waals surface area (Å²) in [6, 6.07) is 6.71. The van der Waals surface area contributed by atoms with E-state index in [2.05, 4.69) is 44.5 Å². The number of fused-ring (bicyclic) bond motifs is 8. The molecule has 3 fully saturated rings. The Balaban J connectivity index is 1.30. The molecule has 2 saturated heterocycles. The average Bonchev–Trinajstić information content (AvgIpc) is 3.69. The molecule has 1 N–H and O–H groups in total. The maximum atomic E-state index is 14.8. The number of nitrogens with one attached hydrogen (secondary N) is 1. The number of nitrogens with zero attached hydrogens (tertiary/aromatic N) is 2. The number of rotatable bonds is 6. The monoisotopic (exact) mass is 659 g/mol. The van der Waals surface area contributed by atoms with Crippen LogP contribution in [0.3, 0.4) is 0 Å². The molecule has 3 aliphatic heterocycles. The first kappa shape index (κ1) is 30.9. The van der Waals surface area contributed by atoms with Crippen LogP contribution in [0, 0.1) is 5.92 Å². The van der Waals surface area contributed by atoms with Gasteiger partial charge in [-0.3, -0.25) is 9.59 Å². The standard InChI is InChI=1S/C37H45N3O6S/c1-21(2)47(43,44)38-36(41)34-29-18-39-30(17-28-31(45-3)16-15-25(35(28)39)22-9-5-4-6-10-22)32-26(33(29)34)13-8-14-27(32)37(42)40-23-11-7-12-24(40)20-46-19-23/h8,13,15-17,21-24,27,32H,4-7,9-12,14,18-20H2,1-3H3,(H,38,41)/t23-,24+,27-,32?/m1/s1. The molecular weight excluding hydrogens is 614 g/mol. The van der Waals surface area contributed by atoms with Gasteiger partial charge in [-0.15, -0.1) is 0 Å². The van der Waals surface area contributed by atoms with E-state index in [-0.39, 0.29) is 29.8 Å². The predicted octanol–water partition coefficient (Wildman–Crippen LogP) is 5.61. The molecule has 47 heavy (non-hydrogen) atoms. The third-order valence-corrected chi connectivity index (χ3v) is 13.3. The van der Waals surface area contributed by atoms with E-state index in [1.54, 1.807) is 21.0 Å². The molecule has 6 aliphatic rings. The number of morpholine rings is 1. The Hall–Kier alpha value is -3.37. The lowest BCUT2D eigenvalue weighted by molar-refractivity contribution is -0.155. The zero-order valence-corrected chi connectivity index (χ0v) is 28.4. The van der Waals surface area contributed by atoms with Crippen LogP contribution in [-0.2, 0) is 30.9 Å². The van der Waals surface area contributed by atoms with Crippen LogP contribution in [0.5, 0.6) is 5.75 Å². The van der Waals surface area contributed by atoms with Crippen molar-refractivity contribution in [1.29, 1.82) is 0 Å². The number of benzene rings is 1. The summed E-state index contributed by atoms with van der Waals surface area (Å²) in [5.41, 5.74) is 6.55. The average molecular weight is 660 g/mol. The zero-order chi connectivity index (χ0) is 32.6. The fraction of sp³-hybridized carbons (Fsp3) is 0.568. The van der Waals surface area contributed by atoms with Gasteiger partial charge in [-0.2, -0.15) is 0 Å². The fourth-order valence-corrected chi connectivity index (χ4v) is 9.79. The number of methoxy groups -OCH3 is 1. The van der Waals surface area contributed by atoms with Gasteiger partial charge in [-0.1, -0.05) is 37.5 Å². The van der Waals surface area contributed by atoms with E-state index in [1.807, 2.05) is 0 Å². The van der Waals surface area contributed by atoms with E-state index in [0.717, 1.165) is 71.2 Å². The highest BCUT2D eigenvalue weighted by molar-refractivity contribution is 7.90. The summed E-state index contributed by atoms with van der Waals surface area (Å²) in [6.07, 6.45) is 13.7. The van der Waals surface area contributed by atoms with Gasteiger partial charge in [0, 0.05) is 23.5 Å². The van der Waals surface area contributed by atoms with E-state index in [0.29, 0.717) is 37.7 Å². The van der Waals surface area contributed by atoms with Crippen LogP contribution in [0.2, 0.25) is 0 Å². The van der Waals surface area contributed by atoms with Crippen molar-refractivity contribution < 1.29 is 27.5 Å². The number of aromatic nitrogens is 1. The SMILES string of the molecule is COc1ccc(C2CCCCC2)c2c1cc1n2CC2=C(C(=O)NS(=O)(=O)C(C)C)C2=C2C=CC[C@@H](C(=O)N3[C@@H]4CCC[C@H]3COC4)C21. The lowest BCUT2D eigenvalue weighted by Gasteiger charge is -2.48. The van der Waals surface area contributed by atoms with Gasteiger partial charge >= 0.3 is 0 Å². The molecule has 4 atom stereocenters. The van der Waals surface area contributed by atoms with Crippen LogP contribution in [0.4, 0.5) is 0 Å². The highest BCUT2D eigenvalue weighted by Gasteiger charge is 2.50. The Bertz CT molecular complexity index is 1840. The largest absolute Gasteiger partial charge is 0.496 e. The Morgan fingerprint density at radius 2 is 1.77 bits per heavy atom. The second kappa shape index (κ2) is 11.7. The lowest BCUT2D eigenvalue weighted by Crippen LogP contribution is -2.59. The zero-order valence-electron chi connectivity index (χ0n) is 27.6. The molecule has 2 aromatic rings. The summed E-state index contributed by atoms with van der Waals surface area (Å²) in [6.45, 7) is 4.73. The van der Waals surface area contributed by atoms with Crippen LogP contribution in [0.25, 0.3) is 10.9 Å². The number of piperidine rings is 1. The van der Waals surface area contributed by atoms with Gasteiger partial charge in [-0.05, 0) is 92.7 Å². The van der Waals surface area contributed by atoms with Crippen LogP contribution in [0.1, 0.15) is 94.7 Å². The molecule has 1 saturated carbocycles. The minimum atomic E-state index is -3.82. The Kier molecular flexibility index (Phi) is 7.67. The molecule has 1 unspecified atom stereocenters. The molecule has 3 aliphatic carbocycles. The first-order valence-electron chi connectivity index (χ1n) is 17.5. The number of carbonyl (C=O) groups is 2. The second-order valence-electron chi connectivity index (χ2n) is 14.6. The van der Waals surface area contributed by atoms with Crippen LogP contribution in [-0.4, -0.2) is 67.4 Å². The Morgan fingerprint density at radius 1 is 1.02 bits per heavy atom. The number of sulfonamides is 1. The van der Waals surface area contributed by atoms with Gasteiger partial charge in [0.2, 0.25) is 15.9 Å². The van der Waals surface area contributed by atoms with E-state index in [9.17, 15) is 18.0 Å². The number of carbonyl (C=O) groups excluding carboxylic acids is 2. The van der Waals surface area contributed by atoms with Crippen LogP contribution in [0.15, 0.2) is 52.6 Å². The van der Waals surface area contributed by atoms with Crippen LogP contribution < -0.4 is 9.46 Å². The van der Waals surface area contributed by atoms with Crippen molar-refractivity contribution in [3.63, 3.8) is 0 Å². The van der Waals surface area contributed by atoms with Gasteiger partial charge in [0.25, 0.3) is 5.91 Å². The lowest BCUT2D eigenvalue weighted by atomic mass is 9.75. The molecule has 8 rings (SSSR count). The number of allylic oxidation sites excluding steroid dienone is 4. The van der Waals surface area contributed by atoms with Crippen LogP contribution >= 0.6 is 0 Å². The highest BCUT2D eigenvalue weighted by Crippen LogP contribution is 2.55. The van der Waals surface area contributed by atoms with Gasteiger partial charge in [0.05, 0.1) is 54.7 Å². The van der Waals surface area contributed by atoms with Crippen molar-refractivity contribution in [2.75, 3.05) is 20.3 Å². The van der Waals surface area contributed by atoms with Gasteiger partial charge in [0.15, 0.2) is 0 Å². The van der Waals surface area contributed by atoms with Gasteiger partial charge in [-0.25, -0.2) is 13.1 Å². The topological polar surface area (TPSA) is 107 Å². The molecule has 2 bridgehead atoms. The van der Waals surface area contributed by atoms with E-state index >= 15 is 0 Å². The van der Waals surface area contributed by atoms with E-state index in [4.69, 9.17) is 9.47 Å². The molecule has 4 heterocycles. The predicted molar refractivity (Wildman–Crippen MR) is 180 cm³/mol. The summed E-state index contributed by atoms with van der Waals surface area (Å²) in [5.74, 6) is 0.170. The highest BCUT2D eigenvalue weighted by atomic mass is 32.2. The minimum absolute atomic E-state index is 0.0869. The van der Waals surface area contributed by atoms with Crippen molar-refractivity contribution in [1.82, 2.24) is 14.2 Å². The first-order chi connectivity index (χ1) is 22.7. The van der Waals surface area contributed by atoms with E-state index < -0.39 is 21.2 Å². The minimum Gasteiger partial charge on any atom is -0.496 e. The van der Waals surface area contributed by atoms with Crippen molar-refractivity contribution in [3.8, 4) is 5.75 Å². The molecule has 10 heteroatoms. The maximum absolute atomic E-state index is 14.8. The molecule has 2 amide bonds. The number of hydrogen-bond donors (Lipinski definition) is 1. The number of hydrogen-bond acceptors (Lipinski definition) is 6. The summed E-state index contributed by atoms with van der Waals surface area (Å²) < 4.78 is 42.1.